The van der Waals surface area contributed by atoms with Gasteiger partial charge in [0.15, 0.2) is 6.29 Å². The molecule has 226 valence electrons. The molecule has 0 bridgehead atoms. The lowest BCUT2D eigenvalue weighted by Gasteiger charge is -2.30. The minimum atomic E-state index is -3.97. The van der Waals surface area contributed by atoms with Crippen LogP contribution >= 0.6 is 0 Å². The average Bonchev–Trinajstić information content (AvgIpc) is 3.57. The number of hydrogen-bond acceptors (Lipinski definition) is 9. The summed E-state index contributed by atoms with van der Waals surface area (Å²) in [6, 6.07) is 14.6. The van der Waals surface area contributed by atoms with Gasteiger partial charge in [0, 0.05) is 13.1 Å². The number of aliphatic hydroxyl groups is 1. The highest BCUT2D eigenvalue weighted by atomic mass is 32.2. The average molecular weight is 593 g/mol. The quantitative estimate of drug-likeness (QED) is 0.340. The Kier molecular flexibility index (Phi) is 11.0. The van der Waals surface area contributed by atoms with Crippen molar-refractivity contribution in [3.8, 4) is 5.75 Å². The van der Waals surface area contributed by atoms with Crippen molar-refractivity contribution in [2.24, 2.45) is 11.8 Å². The van der Waals surface area contributed by atoms with Crippen LogP contribution in [0.5, 0.6) is 5.75 Å². The second kappa shape index (κ2) is 14.4. The van der Waals surface area contributed by atoms with Gasteiger partial charge in [0.25, 0.3) is 0 Å². The maximum atomic E-state index is 13.6. The van der Waals surface area contributed by atoms with Gasteiger partial charge in [0.1, 0.15) is 11.9 Å². The summed E-state index contributed by atoms with van der Waals surface area (Å²) in [5.74, 6) is 0.459. The molecule has 0 spiro atoms. The molecule has 0 saturated carbocycles. The van der Waals surface area contributed by atoms with Gasteiger partial charge in [-0.1, -0.05) is 44.2 Å². The van der Waals surface area contributed by atoms with Crippen LogP contribution in [0.1, 0.15) is 25.8 Å². The lowest BCUT2D eigenvalue weighted by Crippen LogP contribution is -2.52. The van der Waals surface area contributed by atoms with Crippen LogP contribution in [0.15, 0.2) is 59.5 Å². The van der Waals surface area contributed by atoms with Gasteiger partial charge in [-0.25, -0.2) is 13.2 Å². The number of nitrogens with one attached hydrogen (secondary N) is 1. The zero-order valence-corrected chi connectivity index (χ0v) is 24.5. The summed E-state index contributed by atoms with van der Waals surface area (Å²) in [5, 5.41) is 14.0. The number of carbonyl (C=O) groups excluding carboxylic acids is 1. The van der Waals surface area contributed by atoms with Crippen LogP contribution in [0.3, 0.4) is 0 Å². The van der Waals surface area contributed by atoms with Crippen molar-refractivity contribution >= 4 is 16.1 Å². The number of amides is 1. The highest BCUT2D eigenvalue weighted by Crippen LogP contribution is 2.33. The Labute approximate surface area is 241 Å². The molecule has 2 heterocycles. The maximum absolute atomic E-state index is 13.6. The first kappa shape index (κ1) is 31.2. The van der Waals surface area contributed by atoms with Crippen molar-refractivity contribution in [3.05, 3.63) is 60.2 Å². The highest BCUT2D eigenvalue weighted by molar-refractivity contribution is 7.89. The fourth-order valence-electron chi connectivity index (χ4n) is 4.91. The number of fused-ring (bicyclic) bond motifs is 1. The summed E-state index contributed by atoms with van der Waals surface area (Å²) >= 11 is 0. The van der Waals surface area contributed by atoms with Crippen LogP contribution in [-0.4, -0.2) is 88.5 Å². The van der Waals surface area contributed by atoms with Crippen molar-refractivity contribution in [3.63, 3.8) is 0 Å². The Hall–Kier alpha value is -2.74. The fraction of sp³-hybridized carbons (Fsp3) is 0.552. The molecule has 2 fully saturated rings. The summed E-state index contributed by atoms with van der Waals surface area (Å²) < 4.78 is 56.1. The zero-order chi connectivity index (χ0) is 29.4. The second-order valence-corrected chi connectivity index (χ2v) is 12.6. The first-order valence-corrected chi connectivity index (χ1v) is 15.3. The Bertz CT molecular complexity index is 1210. The van der Waals surface area contributed by atoms with E-state index < -0.39 is 34.4 Å². The van der Waals surface area contributed by atoms with E-state index in [2.05, 4.69) is 5.32 Å². The number of carbonyl (C=O) groups is 1. The lowest BCUT2D eigenvalue weighted by molar-refractivity contribution is -0.0907. The molecule has 4 rings (SSSR count). The molecular weight excluding hydrogens is 552 g/mol. The number of hydrogen-bond donors (Lipinski definition) is 2. The summed E-state index contributed by atoms with van der Waals surface area (Å²) in [6.45, 7) is 4.62. The van der Waals surface area contributed by atoms with Gasteiger partial charge in [-0.2, -0.15) is 4.31 Å². The molecule has 2 aliphatic rings. The van der Waals surface area contributed by atoms with Crippen molar-refractivity contribution < 1.29 is 42.0 Å². The number of sulfonamides is 1. The van der Waals surface area contributed by atoms with E-state index in [0.717, 1.165) is 12.0 Å². The summed E-state index contributed by atoms with van der Waals surface area (Å²) in [4.78, 5) is 13.0. The molecule has 5 atom stereocenters. The van der Waals surface area contributed by atoms with Crippen LogP contribution in [0.2, 0.25) is 0 Å². The van der Waals surface area contributed by atoms with Gasteiger partial charge in [-0.15, -0.1) is 0 Å². The molecule has 12 heteroatoms. The number of ether oxygens (including phenoxy) is 5. The number of methoxy groups -OCH3 is 1. The Balaban J connectivity index is 1.47. The minimum absolute atomic E-state index is 0.0233. The molecule has 2 aromatic carbocycles. The lowest BCUT2D eigenvalue weighted by atomic mass is 10.0. The van der Waals surface area contributed by atoms with E-state index >= 15 is 0 Å². The maximum Gasteiger partial charge on any atom is 0.407 e. The van der Waals surface area contributed by atoms with Crippen molar-refractivity contribution in [1.29, 1.82) is 0 Å². The van der Waals surface area contributed by atoms with Crippen LogP contribution < -0.4 is 10.1 Å². The Morgan fingerprint density at radius 2 is 1.83 bits per heavy atom. The molecule has 2 aliphatic heterocycles. The number of benzene rings is 2. The molecule has 2 N–H and O–H groups in total. The molecule has 11 nitrogen and oxygen atoms in total. The van der Waals surface area contributed by atoms with Gasteiger partial charge in [-0.3, -0.25) is 0 Å². The number of aliphatic hydroxyl groups excluding tert-OH is 1. The third-order valence-corrected chi connectivity index (χ3v) is 8.92. The molecule has 41 heavy (non-hydrogen) atoms. The molecule has 2 saturated heterocycles. The van der Waals surface area contributed by atoms with Crippen molar-refractivity contribution in [2.45, 2.75) is 56.3 Å². The number of alkyl carbamates (subject to hydrolysis) is 1. The molecule has 2 aromatic rings. The SMILES string of the molecule is COc1ccc(S(=O)(=O)N(CC(C)C)C[C@@H](O)C(COCc2ccccc2)NC(=O)O[C@H]2CO[C@H]3OCC[C@H]32)cc1. The predicted molar refractivity (Wildman–Crippen MR) is 150 cm³/mol. The highest BCUT2D eigenvalue weighted by Gasteiger charge is 2.44. The first-order valence-electron chi connectivity index (χ1n) is 13.8. The molecule has 0 aliphatic carbocycles. The molecule has 1 amide bonds. The van der Waals surface area contributed by atoms with E-state index in [1.165, 1.54) is 23.5 Å². The van der Waals surface area contributed by atoms with E-state index in [4.69, 9.17) is 23.7 Å². The monoisotopic (exact) mass is 592 g/mol. The number of rotatable bonds is 14. The second-order valence-electron chi connectivity index (χ2n) is 10.7. The van der Waals surface area contributed by atoms with Crippen LogP contribution in [0.4, 0.5) is 4.79 Å². The first-order chi connectivity index (χ1) is 19.7. The topological polar surface area (TPSA) is 133 Å². The van der Waals surface area contributed by atoms with Gasteiger partial charge in [0.2, 0.25) is 10.0 Å². The van der Waals surface area contributed by atoms with E-state index in [9.17, 15) is 18.3 Å². The number of nitrogens with zero attached hydrogens (tertiary/aromatic N) is 1. The zero-order valence-electron chi connectivity index (χ0n) is 23.7. The Morgan fingerprint density at radius 1 is 1.10 bits per heavy atom. The fourth-order valence-corrected chi connectivity index (χ4v) is 6.53. The van der Waals surface area contributed by atoms with Gasteiger partial charge >= 0.3 is 6.09 Å². The molecule has 0 radical (unpaired) electrons. The Morgan fingerprint density at radius 3 is 2.51 bits per heavy atom. The van der Waals surface area contributed by atoms with Gasteiger partial charge in [0.05, 0.1) is 56.5 Å². The molecule has 1 unspecified atom stereocenters. The molecule has 0 aromatic heterocycles. The third-order valence-electron chi connectivity index (χ3n) is 7.08. The molecular formula is C29H40N2O9S. The van der Waals surface area contributed by atoms with E-state index in [1.54, 1.807) is 12.1 Å². The van der Waals surface area contributed by atoms with E-state index in [-0.39, 0.29) is 55.9 Å². The van der Waals surface area contributed by atoms with Crippen molar-refractivity contribution in [2.75, 3.05) is 40.0 Å². The predicted octanol–water partition coefficient (Wildman–Crippen LogP) is 2.78. The van der Waals surface area contributed by atoms with E-state index in [1.807, 2.05) is 44.2 Å². The minimum Gasteiger partial charge on any atom is -0.497 e. The van der Waals surface area contributed by atoms with Crippen LogP contribution in [0, 0.1) is 11.8 Å². The van der Waals surface area contributed by atoms with Crippen LogP contribution in [0.25, 0.3) is 0 Å². The third kappa shape index (κ3) is 8.40. The summed E-state index contributed by atoms with van der Waals surface area (Å²) in [5.41, 5.74) is 0.919. The normalized spacial score (nSPS) is 22.0. The van der Waals surface area contributed by atoms with E-state index in [0.29, 0.717) is 12.4 Å². The summed E-state index contributed by atoms with van der Waals surface area (Å²) in [7, 11) is -2.47. The largest absolute Gasteiger partial charge is 0.497 e. The van der Waals surface area contributed by atoms with Crippen LogP contribution in [-0.2, 0) is 35.6 Å². The van der Waals surface area contributed by atoms with Gasteiger partial charge < -0.3 is 34.1 Å². The standard InChI is InChI=1S/C29H40N2O9S/c1-20(2)15-31(41(34,35)23-11-9-22(36-3)10-12-23)16-26(32)25(18-37-17-21-7-5-4-6-8-21)30-29(33)40-27-19-39-28-24(27)13-14-38-28/h4-12,20,24-28,32H,13-19H2,1-3H3,(H,30,33)/t24-,25?,26+,27-,28+/m0/s1. The van der Waals surface area contributed by atoms with Crippen molar-refractivity contribution in [1.82, 2.24) is 9.62 Å². The summed E-state index contributed by atoms with van der Waals surface area (Å²) in [6.07, 6.45) is -2.17. The smallest absolute Gasteiger partial charge is 0.407 e. The van der Waals surface area contributed by atoms with Gasteiger partial charge in [-0.05, 0) is 42.2 Å².